The zero-order valence-electron chi connectivity index (χ0n) is 10.3. The molecule has 1 aromatic rings. The molecule has 0 aliphatic rings. The lowest BCUT2D eigenvalue weighted by atomic mass is 10.1. The Kier molecular flexibility index (Phi) is 5.42. The summed E-state index contributed by atoms with van der Waals surface area (Å²) in [4.78, 5) is 15.6. The van der Waals surface area contributed by atoms with Crippen LogP contribution in [0.25, 0.3) is 0 Å². The fraction of sp³-hybridized carbons (Fsp3) is 0.500. The van der Waals surface area contributed by atoms with E-state index in [4.69, 9.17) is 10.5 Å². The van der Waals surface area contributed by atoms with Gasteiger partial charge in [-0.2, -0.15) is 0 Å². The van der Waals surface area contributed by atoms with Crippen LogP contribution in [0.2, 0.25) is 0 Å². The summed E-state index contributed by atoms with van der Waals surface area (Å²) in [5, 5.41) is 2.80. The van der Waals surface area contributed by atoms with Crippen LogP contribution in [0.5, 0.6) is 5.88 Å². The Morgan fingerprint density at radius 3 is 3.06 bits per heavy atom. The molecule has 1 aromatic heterocycles. The molecule has 0 saturated heterocycles. The summed E-state index contributed by atoms with van der Waals surface area (Å²) in [7, 11) is 1.56. The fourth-order valence-corrected chi connectivity index (χ4v) is 1.39. The van der Waals surface area contributed by atoms with Gasteiger partial charge in [-0.05, 0) is 12.5 Å². The number of nitrogens with two attached hydrogens (primary N) is 1. The van der Waals surface area contributed by atoms with Crippen LogP contribution in [0.1, 0.15) is 25.3 Å². The third kappa shape index (κ3) is 4.40. The summed E-state index contributed by atoms with van der Waals surface area (Å²) >= 11 is 0. The minimum atomic E-state index is -0.0780. The third-order valence-electron chi connectivity index (χ3n) is 2.49. The van der Waals surface area contributed by atoms with Crippen molar-refractivity contribution < 1.29 is 9.53 Å². The van der Waals surface area contributed by atoms with Gasteiger partial charge in [-0.25, -0.2) is 4.98 Å². The first kappa shape index (κ1) is 13.4. The van der Waals surface area contributed by atoms with E-state index < -0.39 is 0 Å². The highest BCUT2D eigenvalue weighted by Crippen LogP contribution is 2.12. The van der Waals surface area contributed by atoms with Gasteiger partial charge in [0.2, 0.25) is 11.8 Å². The Labute approximate surface area is 101 Å². The van der Waals surface area contributed by atoms with Gasteiger partial charge in [0, 0.05) is 30.8 Å². The monoisotopic (exact) mass is 237 g/mol. The fourth-order valence-electron chi connectivity index (χ4n) is 1.39. The number of rotatable bonds is 6. The van der Waals surface area contributed by atoms with Gasteiger partial charge in [0.05, 0.1) is 7.11 Å². The maximum Gasteiger partial charge on any atom is 0.221 e. The number of carbonyl (C=O) groups excluding carboxylic acids is 1. The summed E-state index contributed by atoms with van der Waals surface area (Å²) in [6.45, 7) is 2.37. The number of aromatic nitrogens is 1. The molecule has 0 aliphatic carbocycles. The second-order valence-corrected chi connectivity index (χ2v) is 3.82. The largest absolute Gasteiger partial charge is 0.481 e. The zero-order valence-corrected chi connectivity index (χ0v) is 10.3. The number of hydrogen-bond acceptors (Lipinski definition) is 4. The summed E-state index contributed by atoms with van der Waals surface area (Å²) in [6, 6.07) is 3.60. The van der Waals surface area contributed by atoms with E-state index in [0.717, 1.165) is 12.0 Å². The molecule has 1 rings (SSSR count). The topological polar surface area (TPSA) is 77.2 Å². The Morgan fingerprint density at radius 2 is 2.41 bits per heavy atom. The van der Waals surface area contributed by atoms with E-state index in [9.17, 15) is 4.79 Å². The van der Waals surface area contributed by atoms with E-state index in [0.29, 0.717) is 18.8 Å². The molecule has 0 spiro atoms. The number of hydrogen-bond donors (Lipinski definition) is 2. The predicted octanol–water partition coefficient (Wildman–Crippen LogP) is 0.834. The van der Waals surface area contributed by atoms with Crippen LogP contribution in [0.15, 0.2) is 18.3 Å². The summed E-state index contributed by atoms with van der Waals surface area (Å²) in [6.07, 6.45) is 2.79. The number of methoxy groups -OCH3 is 1. The first-order valence-corrected chi connectivity index (χ1v) is 5.67. The molecule has 0 radical (unpaired) electrons. The molecule has 0 aromatic carbocycles. The molecular formula is C12H19N3O2. The molecule has 1 heterocycles. The smallest absolute Gasteiger partial charge is 0.221 e. The van der Waals surface area contributed by atoms with E-state index in [1.807, 2.05) is 19.1 Å². The van der Waals surface area contributed by atoms with Crippen molar-refractivity contribution in [2.75, 3.05) is 7.11 Å². The summed E-state index contributed by atoms with van der Waals surface area (Å²) in [5.74, 6) is 0.484. The van der Waals surface area contributed by atoms with Crippen molar-refractivity contribution in [1.29, 1.82) is 0 Å². The van der Waals surface area contributed by atoms with Gasteiger partial charge < -0.3 is 15.8 Å². The van der Waals surface area contributed by atoms with E-state index in [1.165, 1.54) is 0 Å². The number of pyridine rings is 1. The van der Waals surface area contributed by atoms with Crippen molar-refractivity contribution in [2.24, 2.45) is 5.73 Å². The highest BCUT2D eigenvalue weighted by molar-refractivity contribution is 5.76. The molecule has 94 valence electrons. The van der Waals surface area contributed by atoms with Crippen LogP contribution >= 0.6 is 0 Å². The maximum atomic E-state index is 11.5. The van der Waals surface area contributed by atoms with Crippen molar-refractivity contribution in [2.45, 2.75) is 32.4 Å². The molecule has 0 bridgehead atoms. The Balaban J connectivity index is 2.47. The summed E-state index contributed by atoms with van der Waals surface area (Å²) < 4.78 is 5.09. The quantitative estimate of drug-likeness (QED) is 0.768. The number of nitrogens with zero attached hydrogens (tertiary/aromatic N) is 1. The second-order valence-electron chi connectivity index (χ2n) is 3.82. The van der Waals surface area contributed by atoms with Gasteiger partial charge in [-0.3, -0.25) is 4.79 Å². The number of nitrogens with one attached hydrogen (secondary N) is 1. The van der Waals surface area contributed by atoms with Crippen LogP contribution < -0.4 is 15.8 Å². The van der Waals surface area contributed by atoms with E-state index in [-0.39, 0.29) is 11.9 Å². The first-order valence-electron chi connectivity index (χ1n) is 5.67. The molecule has 0 saturated carbocycles. The van der Waals surface area contributed by atoms with Crippen LogP contribution in [0.3, 0.4) is 0 Å². The number of ether oxygens (including phenoxy) is 1. The maximum absolute atomic E-state index is 11.5. The predicted molar refractivity (Wildman–Crippen MR) is 65.5 cm³/mol. The number of amides is 1. The van der Waals surface area contributed by atoms with Crippen molar-refractivity contribution in [3.8, 4) is 5.88 Å². The standard InChI is InChI=1S/C12H19N3O2/c1-3-10(13)7-11(16)15-8-9-5-4-6-14-12(9)17-2/h4-6,10H,3,7-8,13H2,1-2H3,(H,15,16). The lowest BCUT2D eigenvalue weighted by Crippen LogP contribution is -2.31. The lowest BCUT2D eigenvalue weighted by Gasteiger charge is -2.10. The van der Waals surface area contributed by atoms with Gasteiger partial charge in [0.15, 0.2) is 0 Å². The van der Waals surface area contributed by atoms with Gasteiger partial charge in [0.1, 0.15) is 0 Å². The Bertz CT molecular complexity index is 369. The minimum absolute atomic E-state index is 0.0507. The van der Waals surface area contributed by atoms with Crippen molar-refractivity contribution in [1.82, 2.24) is 10.3 Å². The van der Waals surface area contributed by atoms with Crippen molar-refractivity contribution >= 4 is 5.91 Å². The van der Waals surface area contributed by atoms with Crippen LogP contribution in [-0.2, 0) is 11.3 Å². The normalized spacial score (nSPS) is 11.9. The lowest BCUT2D eigenvalue weighted by molar-refractivity contribution is -0.121. The third-order valence-corrected chi connectivity index (χ3v) is 2.49. The minimum Gasteiger partial charge on any atom is -0.481 e. The molecule has 0 aliphatic heterocycles. The van der Waals surface area contributed by atoms with E-state index in [2.05, 4.69) is 10.3 Å². The average molecular weight is 237 g/mol. The summed E-state index contributed by atoms with van der Waals surface area (Å²) in [5.41, 5.74) is 6.56. The molecule has 0 fully saturated rings. The number of carbonyl (C=O) groups is 1. The second kappa shape index (κ2) is 6.85. The van der Waals surface area contributed by atoms with Gasteiger partial charge in [-0.1, -0.05) is 13.0 Å². The van der Waals surface area contributed by atoms with Crippen LogP contribution in [-0.4, -0.2) is 24.0 Å². The van der Waals surface area contributed by atoms with Gasteiger partial charge in [0.25, 0.3) is 0 Å². The molecule has 1 amide bonds. The average Bonchev–Trinajstić information content (AvgIpc) is 2.36. The molecule has 5 heteroatoms. The Morgan fingerprint density at radius 1 is 1.65 bits per heavy atom. The highest BCUT2D eigenvalue weighted by Gasteiger charge is 2.09. The van der Waals surface area contributed by atoms with E-state index >= 15 is 0 Å². The molecule has 1 atom stereocenters. The highest BCUT2D eigenvalue weighted by atomic mass is 16.5. The van der Waals surface area contributed by atoms with Crippen LogP contribution in [0, 0.1) is 0 Å². The SMILES string of the molecule is CCC(N)CC(=O)NCc1cccnc1OC. The van der Waals surface area contributed by atoms with Crippen LogP contribution in [0.4, 0.5) is 0 Å². The van der Waals surface area contributed by atoms with Gasteiger partial charge in [-0.15, -0.1) is 0 Å². The molecule has 5 nitrogen and oxygen atoms in total. The molecule has 3 N–H and O–H groups in total. The first-order chi connectivity index (χ1) is 8.17. The van der Waals surface area contributed by atoms with Crippen molar-refractivity contribution in [3.05, 3.63) is 23.9 Å². The molecule has 1 unspecified atom stereocenters. The molecular weight excluding hydrogens is 218 g/mol. The van der Waals surface area contributed by atoms with Gasteiger partial charge >= 0.3 is 0 Å². The van der Waals surface area contributed by atoms with Crippen molar-refractivity contribution in [3.63, 3.8) is 0 Å². The Hall–Kier alpha value is -1.62. The zero-order chi connectivity index (χ0) is 12.7. The molecule has 17 heavy (non-hydrogen) atoms. The van der Waals surface area contributed by atoms with E-state index in [1.54, 1.807) is 13.3 Å².